The lowest BCUT2D eigenvalue weighted by Crippen LogP contribution is -2.37. The first-order valence-corrected chi connectivity index (χ1v) is 7.40. The molecular weight excluding hydrogens is 262 g/mol. The highest BCUT2D eigenvalue weighted by Crippen LogP contribution is 2.31. The molecule has 0 saturated heterocycles. The fourth-order valence-electron chi connectivity index (χ4n) is 2.74. The first-order chi connectivity index (χ1) is 9.02. The molecule has 2 rings (SSSR count). The van der Waals surface area contributed by atoms with Gasteiger partial charge in [-0.15, -0.1) is 11.3 Å². The van der Waals surface area contributed by atoms with Gasteiger partial charge in [0.15, 0.2) is 0 Å². The number of methoxy groups -OCH3 is 1. The van der Waals surface area contributed by atoms with Crippen LogP contribution in [0.25, 0.3) is 0 Å². The molecule has 3 atom stereocenters. The first kappa shape index (κ1) is 14.5. The van der Waals surface area contributed by atoms with Crippen molar-refractivity contribution in [2.24, 2.45) is 5.92 Å². The summed E-state index contributed by atoms with van der Waals surface area (Å²) in [5.74, 6) is -0.376. The van der Waals surface area contributed by atoms with Crippen molar-refractivity contribution in [3.05, 3.63) is 21.9 Å². The van der Waals surface area contributed by atoms with E-state index in [1.807, 2.05) is 7.05 Å². The summed E-state index contributed by atoms with van der Waals surface area (Å²) in [6, 6.07) is 2.14. The smallest absolute Gasteiger partial charge is 0.308 e. The molecule has 1 heterocycles. The molecule has 4 nitrogen and oxygen atoms in total. The number of aliphatic hydroxyl groups is 1. The minimum absolute atomic E-state index is 0.0330. The maximum atomic E-state index is 11.5. The number of nitrogens with zero attached hydrogens (tertiary/aromatic N) is 1. The van der Waals surface area contributed by atoms with Gasteiger partial charge in [0.25, 0.3) is 0 Å². The van der Waals surface area contributed by atoms with Crippen LogP contribution >= 0.6 is 11.3 Å². The lowest BCUT2D eigenvalue weighted by Gasteiger charge is -2.26. The first-order valence-electron chi connectivity index (χ1n) is 6.52. The zero-order chi connectivity index (χ0) is 14.0. The van der Waals surface area contributed by atoms with Gasteiger partial charge in [-0.05, 0) is 43.8 Å². The van der Waals surface area contributed by atoms with E-state index in [4.69, 9.17) is 4.74 Å². The molecule has 0 spiro atoms. The Kier molecular flexibility index (Phi) is 4.60. The van der Waals surface area contributed by atoms with E-state index in [-0.39, 0.29) is 17.9 Å². The Morgan fingerprint density at radius 1 is 1.58 bits per heavy atom. The highest BCUT2D eigenvalue weighted by atomic mass is 32.1. The Balaban J connectivity index is 1.98. The van der Waals surface area contributed by atoms with Gasteiger partial charge in [-0.2, -0.15) is 0 Å². The number of hydrogen-bond acceptors (Lipinski definition) is 5. The Morgan fingerprint density at radius 2 is 2.32 bits per heavy atom. The van der Waals surface area contributed by atoms with Gasteiger partial charge < -0.3 is 9.84 Å². The second kappa shape index (κ2) is 6.03. The van der Waals surface area contributed by atoms with Crippen LogP contribution in [0.15, 0.2) is 11.4 Å². The lowest BCUT2D eigenvalue weighted by molar-refractivity contribution is -0.145. The molecule has 19 heavy (non-hydrogen) atoms. The molecule has 1 aliphatic carbocycles. The van der Waals surface area contributed by atoms with Crippen molar-refractivity contribution >= 4 is 17.3 Å². The van der Waals surface area contributed by atoms with Gasteiger partial charge in [0, 0.05) is 17.5 Å². The van der Waals surface area contributed by atoms with E-state index in [1.54, 1.807) is 11.3 Å². The van der Waals surface area contributed by atoms with Crippen molar-refractivity contribution in [2.45, 2.75) is 38.5 Å². The van der Waals surface area contributed by atoms with Crippen molar-refractivity contribution in [3.63, 3.8) is 0 Å². The van der Waals surface area contributed by atoms with Crippen LogP contribution in [0.4, 0.5) is 0 Å². The molecule has 0 unspecified atom stereocenters. The standard InChI is InChI=1S/C14H21NO3S/c1-9-4-5-19-13(9)8-15(2)11-6-10(7-12(11)16)14(17)18-3/h4-5,10-12,16H,6-8H2,1-3H3/t10-,11-,12+/m0/s1. The Bertz CT molecular complexity index is 446. The number of esters is 1. The van der Waals surface area contributed by atoms with E-state index in [0.29, 0.717) is 12.8 Å². The molecule has 1 aromatic rings. The molecular formula is C14H21NO3S. The summed E-state index contributed by atoms with van der Waals surface area (Å²) in [5, 5.41) is 12.2. The SMILES string of the molecule is COC(=O)[C@@H]1C[C@@H](O)[C@@H](N(C)Cc2sccc2C)C1. The van der Waals surface area contributed by atoms with Gasteiger partial charge in [0.1, 0.15) is 0 Å². The summed E-state index contributed by atoms with van der Waals surface area (Å²) in [7, 11) is 3.41. The third-order valence-corrected chi connectivity index (χ3v) is 4.97. The molecule has 0 amide bonds. The van der Waals surface area contributed by atoms with Gasteiger partial charge in [-0.1, -0.05) is 0 Å². The molecule has 106 valence electrons. The van der Waals surface area contributed by atoms with Crippen molar-refractivity contribution in [1.82, 2.24) is 4.90 Å². The number of likely N-dealkylation sites (N-methyl/N-ethyl adjacent to an activating group) is 1. The van der Waals surface area contributed by atoms with Gasteiger partial charge in [-0.25, -0.2) is 0 Å². The highest BCUT2D eigenvalue weighted by Gasteiger charge is 2.39. The summed E-state index contributed by atoms with van der Waals surface area (Å²) in [4.78, 5) is 15.0. The van der Waals surface area contributed by atoms with Gasteiger partial charge in [-0.3, -0.25) is 9.69 Å². The number of ether oxygens (including phenoxy) is 1. The van der Waals surface area contributed by atoms with Crippen LogP contribution in [0, 0.1) is 12.8 Å². The Hall–Kier alpha value is -0.910. The summed E-state index contributed by atoms with van der Waals surface area (Å²) in [6.45, 7) is 2.92. The monoisotopic (exact) mass is 283 g/mol. The van der Waals surface area contributed by atoms with Crippen LogP contribution < -0.4 is 0 Å². The minimum atomic E-state index is -0.450. The molecule has 0 aromatic carbocycles. The number of aryl methyl sites for hydroxylation is 1. The molecule has 1 saturated carbocycles. The second-order valence-corrected chi connectivity index (χ2v) is 6.27. The van der Waals surface area contributed by atoms with Crippen LogP contribution in [0.2, 0.25) is 0 Å². The summed E-state index contributed by atoms with van der Waals surface area (Å²) in [6.07, 6.45) is 0.731. The number of carbonyl (C=O) groups excluding carboxylic acids is 1. The van der Waals surface area contributed by atoms with E-state index in [9.17, 15) is 9.90 Å². The molecule has 0 bridgehead atoms. The summed E-state index contributed by atoms with van der Waals surface area (Å²) >= 11 is 1.73. The van der Waals surface area contributed by atoms with E-state index >= 15 is 0 Å². The van der Waals surface area contributed by atoms with Crippen LogP contribution in [-0.4, -0.2) is 42.3 Å². The normalized spacial score (nSPS) is 26.9. The Labute approximate surface area is 118 Å². The van der Waals surface area contributed by atoms with Crippen molar-refractivity contribution in [1.29, 1.82) is 0 Å². The third kappa shape index (κ3) is 3.16. The number of carbonyl (C=O) groups is 1. The third-order valence-electron chi connectivity index (χ3n) is 3.96. The highest BCUT2D eigenvalue weighted by molar-refractivity contribution is 7.10. The molecule has 0 aliphatic heterocycles. The fraction of sp³-hybridized carbons (Fsp3) is 0.643. The maximum Gasteiger partial charge on any atom is 0.308 e. The zero-order valence-corrected chi connectivity index (χ0v) is 12.4. The molecule has 1 aliphatic rings. The second-order valence-electron chi connectivity index (χ2n) is 5.27. The van der Waals surface area contributed by atoms with Crippen LogP contribution in [0.3, 0.4) is 0 Å². The van der Waals surface area contributed by atoms with E-state index in [0.717, 1.165) is 6.54 Å². The number of thiophene rings is 1. The quantitative estimate of drug-likeness (QED) is 0.856. The van der Waals surface area contributed by atoms with Crippen LogP contribution in [-0.2, 0) is 16.1 Å². The number of hydrogen-bond donors (Lipinski definition) is 1. The predicted molar refractivity (Wildman–Crippen MR) is 75.1 cm³/mol. The maximum absolute atomic E-state index is 11.5. The number of rotatable bonds is 4. The summed E-state index contributed by atoms with van der Waals surface area (Å²) < 4.78 is 4.77. The molecule has 0 radical (unpaired) electrons. The van der Waals surface area contributed by atoms with E-state index in [2.05, 4.69) is 23.3 Å². The van der Waals surface area contributed by atoms with Crippen molar-refractivity contribution in [2.75, 3.05) is 14.2 Å². The van der Waals surface area contributed by atoms with Gasteiger partial charge >= 0.3 is 5.97 Å². The molecule has 1 aromatic heterocycles. The molecule has 5 heteroatoms. The van der Waals surface area contributed by atoms with E-state index in [1.165, 1.54) is 17.6 Å². The number of aliphatic hydroxyl groups excluding tert-OH is 1. The fourth-order valence-corrected chi connectivity index (χ4v) is 3.70. The van der Waals surface area contributed by atoms with E-state index < -0.39 is 6.10 Å². The molecule has 1 fully saturated rings. The van der Waals surface area contributed by atoms with Crippen LogP contribution in [0.1, 0.15) is 23.3 Å². The van der Waals surface area contributed by atoms with Gasteiger partial charge in [0.05, 0.1) is 19.1 Å². The average molecular weight is 283 g/mol. The molecule has 1 N–H and O–H groups in total. The summed E-state index contributed by atoms with van der Waals surface area (Å²) in [5.41, 5.74) is 1.29. The van der Waals surface area contributed by atoms with Crippen molar-refractivity contribution in [3.8, 4) is 0 Å². The van der Waals surface area contributed by atoms with Gasteiger partial charge in [0.2, 0.25) is 0 Å². The van der Waals surface area contributed by atoms with Crippen molar-refractivity contribution < 1.29 is 14.6 Å². The minimum Gasteiger partial charge on any atom is -0.469 e. The average Bonchev–Trinajstić information content (AvgIpc) is 2.95. The largest absolute Gasteiger partial charge is 0.469 e. The van der Waals surface area contributed by atoms with Crippen LogP contribution in [0.5, 0.6) is 0 Å². The zero-order valence-electron chi connectivity index (χ0n) is 11.6. The Morgan fingerprint density at radius 3 is 2.89 bits per heavy atom. The predicted octanol–water partition coefficient (Wildman–Crippen LogP) is 1.80. The topological polar surface area (TPSA) is 49.8 Å². The lowest BCUT2D eigenvalue weighted by atomic mass is 10.1.